The van der Waals surface area contributed by atoms with Gasteiger partial charge in [0.15, 0.2) is 0 Å². The molecule has 2 aromatic rings. The second kappa shape index (κ2) is 8.90. The van der Waals surface area contributed by atoms with E-state index in [4.69, 9.17) is 16.3 Å². The van der Waals surface area contributed by atoms with Crippen LogP contribution in [0.4, 0.5) is 5.82 Å². The quantitative estimate of drug-likeness (QED) is 0.559. The predicted octanol–water partition coefficient (Wildman–Crippen LogP) is 3.35. The minimum atomic E-state index is -0.871. The SMILES string of the molecule is COCCNc1ncc(C(=O)NCC(C)(O)C2CC2)cc1-c1ccc(Cl)cc1. The largest absolute Gasteiger partial charge is 0.388 e. The summed E-state index contributed by atoms with van der Waals surface area (Å²) in [7, 11) is 1.64. The number of carbonyl (C=O) groups excluding carboxylic acids is 1. The Kier molecular flexibility index (Phi) is 6.54. The first kappa shape index (κ1) is 20.6. The van der Waals surface area contributed by atoms with Gasteiger partial charge in [0.1, 0.15) is 5.82 Å². The first-order valence-electron chi connectivity index (χ1n) is 9.40. The Hall–Kier alpha value is -2.15. The number of hydrogen-bond acceptors (Lipinski definition) is 5. The zero-order chi connectivity index (χ0) is 20.1. The molecule has 0 saturated heterocycles. The van der Waals surface area contributed by atoms with Crippen LogP contribution >= 0.6 is 11.6 Å². The third-order valence-electron chi connectivity index (χ3n) is 4.97. The van der Waals surface area contributed by atoms with Crippen LogP contribution in [0, 0.1) is 5.92 Å². The summed E-state index contributed by atoms with van der Waals surface area (Å²) < 4.78 is 5.08. The molecule has 1 aromatic carbocycles. The molecule has 6 nitrogen and oxygen atoms in total. The van der Waals surface area contributed by atoms with Crippen LogP contribution in [-0.4, -0.2) is 48.4 Å². The van der Waals surface area contributed by atoms with E-state index in [1.165, 1.54) is 6.20 Å². The molecule has 3 N–H and O–H groups in total. The van der Waals surface area contributed by atoms with Crippen molar-refractivity contribution < 1.29 is 14.6 Å². The lowest BCUT2D eigenvalue weighted by Crippen LogP contribution is -2.42. The van der Waals surface area contributed by atoms with E-state index in [1.807, 2.05) is 12.1 Å². The highest BCUT2D eigenvalue weighted by Gasteiger charge is 2.40. The van der Waals surface area contributed by atoms with E-state index in [9.17, 15) is 9.90 Å². The molecule has 1 heterocycles. The number of pyridine rings is 1. The molecule has 28 heavy (non-hydrogen) atoms. The molecular weight excluding hydrogens is 378 g/mol. The maximum Gasteiger partial charge on any atom is 0.252 e. The summed E-state index contributed by atoms with van der Waals surface area (Å²) in [5, 5.41) is 17.1. The summed E-state index contributed by atoms with van der Waals surface area (Å²) in [5.41, 5.74) is 1.27. The summed E-state index contributed by atoms with van der Waals surface area (Å²) in [5.74, 6) is 0.677. The number of nitrogens with one attached hydrogen (secondary N) is 2. The van der Waals surface area contributed by atoms with Crippen LogP contribution in [0.5, 0.6) is 0 Å². The molecule has 150 valence electrons. The maximum absolute atomic E-state index is 12.6. The maximum atomic E-state index is 12.6. The Morgan fingerprint density at radius 2 is 2.07 bits per heavy atom. The summed E-state index contributed by atoms with van der Waals surface area (Å²) in [6.07, 6.45) is 3.55. The second-order valence-electron chi connectivity index (χ2n) is 7.36. The molecule has 1 aliphatic carbocycles. The van der Waals surface area contributed by atoms with Crippen molar-refractivity contribution in [1.29, 1.82) is 0 Å². The number of anilines is 1. The summed E-state index contributed by atoms with van der Waals surface area (Å²) >= 11 is 6.00. The van der Waals surface area contributed by atoms with E-state index in [-0.39, 0.29) is 18.4 Å². The van der Waals surface area contributed by atoms with Gasteiger partial charge in [0.05, 0.1) is 17.8 Å². The average molecular weight is 404 g/mol. The fourth-order valence-electron chi connectivity index (χ4n) is 3.06. The summed E-state index contributed by atoms with van der Waals surface area (Å²) in [6.45, 7) is 3.13. The van der Waals surface area contributed by atoms with Crippen molar-refractivity contribution in [3.8, 4) is 11.1 Å². The molecule has 1 amide bonds. The van der Waals surface area contributed by atoms with Gasteiger partial charge < -0.3 is 20.5 Å². The Morgan fingerprint density at radius 3 is 2.71 bits per heavy atom. The van der Waals surface area contributed by atoms with Gasteiger partial charge in [0, 0.05) is 37.0 Å². The number of carbonyl (C=O) groups is 1. The van der Waals surface area contributed by atoms with Gasteiger partial charge in [0.25, 0.3) is 5.91 Å². The number of nitrogens with zero attached hydrogens (tertiary/aromatic N) is 1. The molecule has 0 spiro atoms. The molecule has 1 fully saturated rings. The number of ether oxygens (including phenoxy) is 1. The fourth-order valence-corrected chi connectivity index (χ4v) is 3.19. The lowest BCUT2D eigenvalue weighted by molar-refractivity contribution is 0.0354. The highest BCUT2D eigenvalue weighted by molar-refractivity contribution is 6.30. The lowest BCUT2D eigenvalue weighted by Gasteiger charge is -2.23. The van der Waals surface area contributed by atoms with E-state index in [0.717, 1.165) is 24.0 Å². The number of amides is 1. The van der Waals surface area contributed by atoms with Crippen molar-refractivity contribution in [2.75, 3.05) is 32.1 Å². The number of benzene rings is 1. The van der Waals surface area contributed by atoms with Gasteiger partial charge in [-0.1, -0.05) is 23.7 Å². The molecule has 7 heteroatoms. The fraction of sp³-hybridized carbons (Fsp3) is 0.429. The van der Waals surface area contributed by atoms with Crippen LogP contribution in [0.25, 0.3) is 11.1 Å². The van der Waals surface area contributed by atoms with Crippen LogP contribution in [0.2, 0.25) is 5.02 Å². The number of aliphatic hydroxyl groups is 1. The first-order chi connectivity index (χ1) is 13.4. The Bertz CT molecular complexity index is 820. The van der Waals surface area contributed by atoms with Crippen LogP contribution in [-0.2, 0) is 4.74 Å². The van der Waals surface area contributed by atoms with Gasteiger partial charge in [-0.05, 0) is 49.4 Å². The van der Waals surface area contributed by atoms with E-state index in [0.29, 0.717) is 29.6 Å². The smallest absolute Gasteiger partial charge is 0.252 e. The van der Waals surface area contributed by atoms with E-state index in [2.05, 4.69) is 15.6 Å². The van der Waals surface area contributed by atoms with Crippen LogP contribution in [0.1, 0.15) is 30.1 Å². The van der Waals surface area contributed by atoms with Crippen molar-refractivity contribution in [3.63, 3.8) is 0 Å². The third kappa shape index (κ3) is 5.22. The van der Waals surface area contributed by atoms with Gasteiger partial charge in [0.2, 0.25) is 0 Å². The molecule has 0 aliphatic heterocycles. The Labute approximate surface area is 170 Å². The molecule has 3 rings (SSSR count). The van der Waals surface area contributed by atoms with Crippen molar-refractivity contribution in [2.24, 2.45) is 5.92 Å². The molecule has 1 aliphatic rings. The van der Waals surface area contributed by atoms with Crippen molar-refractivity contribution in [2.45, 2.75) is 25.4 Å². The van der Waals surface area contributed by atoms with Crippen LogP contribution in [0.15, 0.2) is 36.5 Å². The van der Waals surface area contributed by atoms with E-state index < -0.39 is 5.60 Å². The molecule has 0 bridgehead atoms. The predicted molar refractivity (Wildman–Crippen MR) is 111 cm³/mol. The highest BCUT2D eigenvalue weighted by Crippen LogP contribution is 2.39. The van der Waals surface area contributed by atoms with Crippen molar-refractivity contribution >= 4 is 23.3 Å². The Morgan fingerprint density at radius 1 is 1.36 bits per heavy atom. The van der Waals surface area contributed by atoms with Gasteiger partial charge in [-0.15, -0.1) is 0 Å². The van der Waals surface area contributed by atoms with Gasteiger partial charge in [-0.25, -0.2) is 4.98 Å². The van der Waals surface area contributed by atoms with E-state index >= 15 is 0 Å². The van der Waals surface area contributed by atoms with Gasteiger partial charge in [-0.2, -0.15) is 0 Å². The number of halogens is 1. The molecule has 1 atom stereocenters. The number of methoxy groups -OCH3 is 1. The first-order valence-corrected chi connectivity index (χ1v) is 9.78. The number of aromatic nitrogens is 1. The minimum Gasteiger partial charge on any atom is -0.388 e. The highest BCUT2D eigenvalue weighted by atomic mass is 35.5. The molecule has 1 unspecified atom stereocenters. The second-order valence-corrected chi connectivity index (χ2v) is 7.80. The Balaban J connectivity index is 1.80. The standard InChI is InChI=1S/C21H26ClN3O3/c1-21(27,16-5-6-16)13-25-20(26)15-11-18(14-3-7-17(22)8-4-14)19(24-12-15)23-9-10-28-2/h3-4,7-8,11-12,16,27H,5-6,9-10,13H2,1-2H3,(H,23,24)(H,25,26). The summed E-state index contributed by atoms with van der Waals surface area (Å²) in [6, 6.07) is 9.18. The zero-order valence-corrected chi connectivity index (χ0v) is 16.9. The minimum absolute atomic E-state index is 0.223. The molecule has 1 saturated carbocycles. The van der Waals surface area contributed by atoms with Crippen LogP contribution < -0.4 is 10.6 Å². The normalized spacial score (nSPS) is 15.7. The number of rotatable bonds is 9. The van der Waals surface area contributed by atoms with Crippen LogP contribution in [0.3, 0.4) is 0 Å². The lowest BCUT2D eigenvalue weighted by atomic mass is 10.0. The molecule has 1 aromatic heterocycles. The third-order valence-corrected chi connectivity index (χ3v) is 5.22. The van der Waals surface area contributed by atoms with Crippen molar-refractivity contribution in [3.05, 3.63) is 47.1 Å². The summed E-state index contributed by atoms with van der Waals surface area (Å²) in [4.78, 5) is 17.1. The van der Waals surface area contributed by atoms with Gasteiger partial charge >= 0.3 is 0 Å². The van der Waals surface area contributed by atoms with Gasteiger partial charge in [-0.3, -0.25) is 4.79 Å². The molecule has 0 radical (unpaired) electrons. The molecular formula is C21H26ClN3O3. The van der Waals surface area contributed by atoms with E-state index in [1.54, 1.807) is 32.2 Å². The monoisotopic (exact) mass is 403 g/mol. The average Bonchev–Trinajstić information content (AvgIpc) is 3.53. The zero-order valence-electron chi connectivity index (χ0n) is 16.2. The van der Waals surface area contributed by atoms with Crippen molar-refractivity contribution in [1.82, 2.24) is 10.3 Å². The topological polar surface area (TPSA) is 83.5 Å². The number of hydrogen-bond donors (Lipinski definition) is 3.